The second-order valence-electron chi connectivity index (χ2n) is 6.65. The first-order valence-corrected chi connectivity index (χ1v) is 6.76. The van der Waals surface area contributed by atoms with Crippen molar-refractivity contribution in [3.05, 3.63) is 40.5 Å². The van der Waals surface area contributed by atoms with Crippen molar-refractivity contribution >= 4 is 17.5 Å². The van der Waals surface area contributed by atoms with Crippen LogP contribution in [0.3, 0.4) is 0 Å². The van der Waals surface area contributed by atoms with E-state index < -0.39 is 11.9 Å². The average Bonchev–Trinajstić information content (AvgIpc) is 2.60. The van der Waals surface area contributed by atoms with Gasteiger partial charge in [0.25, 0.3) is 0 Å². The fourth-order valence-corrected chi connectivity index (χ4v) is 2.37. The minimum atomic E-state index is -0.550. The molecule has 1 aliphatic rings. The number of ether oxygens (including phenoxy) is 1. The maximum Gasteiger partial charge on any atom is 0.346 e. The second kappa shape index (κ2) is 4.89. The maximum atomic E-state index is 11.6. The van der Waals surface area contributed by atoms with Crippen LogP contribution in [0.5, 0.6) is 0 Å². The first-order valence-electron chi connectivity index (χ1n) is 6.76. The van der Waals surface area contributed by atoms with Crippen molar-refractivity contribution in [2.45, 2.75) is 41.0 Å². The van der Waals surface area contributed by atoms with Crippen molar-refractivity contribution in [2.75, 3.05) is 0 Å². The number of carbonyl (C=O) groups excluding carboxylic acids is 2. The Kier molecular flexibility index (Phi) is 3.55. The third kappa shape index (κ3) is 2.82. The number of carbonyl (C=O) groups is 2. The Balaban J connectivity index is 2.48. The molecule has 0 unspecified atom stereocenters. The van der Waals surface area contributed by atoms with Gasteiger partial charge in [0.15, 0.2) is 0 Å². The van der Waals surface area contributed by atoms with E-state index in [9.17, 15) is 9.59 Å². The standard InChI is InChI=1S/C17H20O3/c1-10(2)14(9-17(3,4)5)11-6-7-12-13(8-11)16(19)20-15(12)18/h6-8H,9H2,1-5H3. The fraction of sp³-hybridized carbons (Fsp3) is 0.412. The zero-order chi connectivity index (χ0) is 15.1. The van der Waals surface area contributed by atoms with E-state index in [1.165, 1.54) is 11.1 Å². The molecule has 0 N–H and O–H groups in total. The molecule has 0 amide bonds. The molecule has 0 saturated heterocycles. The zero-order valence-corrected chi connectivity index (χ0v) is 12.7. The number of hydrogen-bond donors (Lipinski definition) is 0. The second-order valence-corrected chi connectivity index (χ2v) is 6.65. The van der Waals surface area contributed by atoms with Crippen LogP contribution in [0, 0.1) is 5.41 Å². The highest BCUT2D eigenvalue weighted by atomic mass is 16.6. The molecule has 0 saturated carbocycles. The third-order valence-electron chi connectivity index (χ3n) is 3.30. The van der Waals surface area contributed by atoms with E-state index in [1.807, 2.05) is 6.07 Å². The lowest BCUT2D eigenvalue weighted by atomic mass is 9.83. The average molecular weight is 272 g/mol. The van der Waals surface area contributed by atoms with Crippen LogP contribution in [-0.4, -0.2) is 11.9 Å². The number of esters is 2. The highest BCUT2D eigenvalue weighted by molar-refractivity contribution is 6.15. The monoisotopic (exact) mass is 272 g/mol. The van der Waals surface area contributed by atoms with Gasteiger partial charge >= 0.3 is 11.9 Å². The summed E-state index contributed by atoms with van der Waals surface area (Å²) in [5, 5.41) is 0. The van der Waals surface area contributed by atoms with Gasteiger partial charge in [-0.15, -0.1) is 0 Å². The summed E-state index contributed by atoms with van der Waals surface area (Å²) in [4.78, 5) is 23.1. The summed E-state index contributed by atoms with van der Waals surface area (Å²) >= 11 is 0. The van der Waals surface area contributed by atoms with Crippen molar-refractivity contribution < 1.29 is 14.3 Å². The predicted molar refractivity (Wildman–Crippen MR) is 78.5 cm³/mol. The van der Waals surface area contributed by atoms with Gasteiger partial charge in [0, 0.05) is 0 Å². The van der Waals surface area contributed by atoms with Gasteiger partial charge in [-0.25, -0.2) is 9.59 Å². The van der Waals surface area contributed by atoms with Gasteiger partial charge in [0.05, 0.1) is 11.1 Å². The molecule has 0 radical (unpaired) electrons. The van der Waals surface area contributed by atoms with Crippen molar-refractivity contribution in [3.63, 3.8) is 0 Å². The minimum absolute atomic E-state index is 0.155. The summed E-state index contributed by atoms with van der Waals surface area (Å²) < 4.78 is 4.63. The minimum Gasteiger partial charge on any atom is -0.386 e. The van der Waals surface area contributed by atoms with E-state index in [2.05, 4.69) is 39.4 Å². The fourth-order valence-electron chi connectivity index (χ4n) is 2.37. The molecule has 1 aliphatic heterocycles. The quantitative estimate of drug-likeness (QED) is 0.598. The Morgan fingerprint density at radius 1 is 1.05 bits per heavy atom. The molecule has 20 heavy (non-hydrogen) atoms. The molecule has 0 spiro atoms. The molecule has 1 aromatic rings. The van der Waals surface area contributed by atoms with Crippen molar-refractivity contribution in [1.82, 2.24) is 0 Å². The maximum absolute atomic E-state index is 11.6. The van der Waals surface area contributed by atoms with Crippen LogP contribution in [0.2, 0.25) is 0 Å². The van der Waals surface area contributed by atoms with Crippen LogP contribution in [0.25, 0.3) is 5.57 Å². The molecule has 0 bridgehead atoms. The SMILES string of the molecule is CC(C)=C(CC(C)(C)C)c1ccc2c(c1)C(=O)OC2=O. The summed E-state index contributed by atoms with van der Waals surface area (Å²) in [7, 11) is 0. The Labute approximate surface area is 119 Å². The first-order chi connectivity index (χ1) is 9.19. The molecule has 3 nitrogen and oxygen atoms in total. The van der Waals surface area contributed by atoms with E-state index in [4.69, 9.17) is 0 Å². The van der Waals surface area contributed by atoms with Crippen LogP contribution >= 0.6 is 0 Å². The third-order valence-corrected chi connectivity index (χ3v) is 3.30. The van der Waals surface area contributed by atoms with E-state index in [1.54, 1.807) is 12.1 Å². The molecule has 0 atom stereocenters. The van der Waals surface area contributed by atoms with Crippen LogP contribution in [0.15, 0.2) is 23.8 Å². The lowest BCUT2D eigenvalue weighted by Gasteiger charge is -2.22. The number of cyclic esters (lactones) is 2. The Hall–Kier alpha value is -1.90. The van der Waals surface area contributed by atoms with E-state index in [0.717, 1.165) is 12.0 Å². The number of rotatable bonds is 2. The highest BCUT2D eigenvalue weighted by Crippen LogP contribution is 2.34. The lowest BCUT2D eigenvalue weighted by molar-refractivity contribution is 0.0444. The normalized spacial score (nSPS) is 14.1. The molecule has 106 valence electrons. The number of hydrogen-bond acceptors (Lipinski definition) is 3. The Morgan fingerprint density at radius 3 is 2.20 bits per heavy atom. The van der Waals surface area contributed by atoms with Gasteiger partial charge in [-0.3, -0.25) is 0 Å². The molecular weight excluding hydrogens is 252 g/mol. The molecule has 1 aromatic carbocycles. The van der Waals surface area contributed by atoms with E-state index in [0.29, 0.717) is 11.1 Å². The predicted octanol–water partition coefficient (Wildman–Crippen LogP) is 4.23. The molecule has 0 aromatic heterocycles. The van der Waals surface area contributed by atoms with Crippen LogP contribution in [0.1, 0.15) is 67.3 Å². The summed E-state index contributed by atoms with van der Waals surface area (Å²) in [6, 6.07) is 5.35. The summed E-state index contributed by atoms with van der Waals surface area (Å²) in [5.74, 6) is -1.10. The van der Waals surface area contributed by atoms with Gasteiger partial charge < -0.3 is 4.74 Å². The summed E-state index contributed by atoms with van der Waals surface area (Å²) in [5.41, 5.74) is 4.32. The van der Waals surface area contributed by atoms with Crippen molar-refractivity contribution in [1.29, 1.82) is 0 Å². The Bertz CT molecular complexity index is 612. The summed E-state index contributed by atoms with van der Waals surface area (Å²) in [6.45, 7) is 10.7. The van der Waals surface area contributed by atoms with Crippen LogP contribution in [0.4, 0.5) is 0 Å². The molecular formula is C17H20O3. The smallest absolute Gasteiger partial charge is 0.346 e. The highest BCUT2D eigenvalue weighted by Gasteiger charge is 2.30. The zero-order valence-electron chi connectivity index (χ0n) is 12.7. The lowest BCUT2D eigenvalue weighted by Crippen LogP contribution is -2.07. The van der Waals surface area contributed by atoms with Crippen molar-refractivity contribution in [3.8, 4) is 0 Å². The van der Waals surface area contributed by atoms with Crippen molar-refractivity contribution in [2.24, 2.45) is 5.41 Å². The molecule has 0 fully saturated rings. The largest absolute Gasteiger partial charge is 0.386 e. The van der Waals surface area contributed by atoms with Gasteiger partial charge in [0.2, 0.25) is 0 Å². The van der Waals surface area contributed by atoms with Gasteiger partial charge in [-0.05, 0) is 49.0 Å². The van der Waals surface area contributed by atoms with Gasteiger partial charge in [-0.1, -0.05) is 32.4 Å². The van der Waals surface area contributed by atoms with Crippen LogP contribution < -0.4 is 0 Å². The Morgan fingerprint density at radius 2 is 1.65 bits per heavy atom. The van der Waals surface area contributed by atoms with Gasteiger partial charge in [-0.2, -0.15) is 0 Å². The van der Waals surface area contributed by atoms with E-state index >= 15 is 0 Å². The molecule has 2 rings (SSSR count). The molecule has 3 heteroatoms. The van der Waals surface area contributed by atoms with Gasteiger partial charge in [0.1, 0.15) is 0 Å². The van der Waals surface area contributed by atoms with E-state index in [-0.39, 0.29) is 5.41 Å². The van der Waals surface area contributed by atoms with Crippen LogP contribution in [-0.2, 0) is 4.74 Å². The topological polar surface area (TPSA) is 43.4 Å². The number of benzene rings is 1. The molecule has 0 aliphatic carbocycles. The number of allylic oxidation sites excluding steroid dienone is 2. The molecule has 1 heterocycles. The number of fused-ring (bicyclic) bond motifs is 1. The first kappa shape index (κ1) is 14.5. The summed E-state index contributed by atoms with van der Waals surface area (Å²) in [6.07, 6.45) is 0.914.